The lowest BCUT2D eigenvalue weighted by molar-refractivity contribution is -0.145. The van der Waals surface area contributed by atoms with Gasteiger partial charge in [0, 0.05) is 23.5 Å². The number of anilines is 3. The van der Waals surface area contributed by atoms with E-state index in [1.54, 1.807) is 39.8 Å². The van der Waals surface area contributed by atoms with Crippen molar-refractivity contribution in [2.24, 2.45) is 0 Å². The van der Waals surface area contributed by atoms with Crippen LogP contribution in [0.4, 0.5) is 21.9 Å². The maximum atomic E-state index is 12.4. The molecule has 0 radical (unpaired) electrons. The van der Waals surface area contributed by atoms with Crippen LogP contribution in [0.1, 0.15) is 40.5 Å². The molecule has 0 saturated heterocycles. The van der Waals surface area contributed by atoms with Crippen LogP contribution in [-0.2, 0) is 19.1 Å². The molecule has 8 heteroatoms. The molecule has 3 N–H and O–H groups in total. The number of hydrogen-bond acceptors (Lipinski definition) is 6. The fraction of sp³-hybridized carbons (Fsp3) is 0.375. The maximum absolute atomic E-state index is 12.4. The van der Waals surface area contributed by atoms with Gasteiger partial charge in [-0.25, -0.2) is 9.59 Å². The first-order valence-corrected chi connectivity index (χ1v) is 10.5. The van der Waals surface area contributed by atoms with E-state index in [4.69, 9.17) is 9.47 Å². The highest BCUT2D eigenvalue weighted by Crippen LogP contribution is 2.19. The third-order valence-electron chi connectivity index (χ3n) is 4.15. The molecule has 1 unspecified atom stereocenters. The lowest BCUT2D eigenvalue weighted by atomic mass is 10.1. The molecule has 0 aliphatic heterocycles. The van der Waals surface area contributed by atoms with Crippen LogP contribution in [0.15, 0.2) is 54.6 Å². The average molecular weight is 442 g/mol. The van der Waals surface area contributed by atoms with Gasteiger partial charge in [-0.05, 0) is 70.5 Å². The van der Waals surface area contributed by atoms with Gasteiger partial charge < -0.3 is 25.4 Å². The molecule has 0 aromatic heterocycles. The summed E-state index contributed by atoms with van der Waals surface area (Å²) in [5.74, 6) is -0.892. The van der Waals surface area contributed by atoms with Gasteiger partial charge >= 0.3 is 12.1 Å². The number of benzene rings is 2. The molecule has 0 heterocycles. The Morgan fingerprint density at radius 2 is 1.50 bits per heavy atom. The summed E-state index contributed by atoms with van der Waals surface area (Å²) in [6.07, 6.45) is -0.640. The van der Waals surface area contributed by atoms with Crippen molar-refractivity contribution in [1.29, 1.82) is 0 Å². The highest BCUT2D eigenvalue weighted by Gasteiger charge is 2.26. The van der Waals surface area contributed by atoms with Gasteiger partial charge in [0.05, 0.1) is 6.61 Å². The standard InChI is InChI=1S/C24H31N3O5/c1-5-31-22(29)20(27-23(30)32-24(2,3)4)15-16-21(28)26-19-13-11-18(12-14-19)25-17-9-7-6-8-10-17/h6-14,20,25H,5,15-16H2,1-4H3,(H,26,28)(H,27,30). The third-order valence-corrected chi connectivity index (χ3v) is 4.15. The minimum Gasteiger partial charge on any atom is -0.464 e. The van der Waals surface area contributed by atoms with Crippen LogP contribution in [0.3, 0.4) is 0 Å². The molecule has 0 spiro atoms. The van der Waals surface area contributed by atoms with E-state index in [9.17, 15) is 14.4 Å². The first-order chi connectivity index (χ1) is 15.2. The van der Waals surface area contributed by atoms with Crippen molar-refractivity contribution in [3.63, 3.8) is 0 Å². The minimum absolute atomic E-state index is 0.0172. The molecule has 2 amide bonds. The highest BCUT2D eigenvalue weighted by atomic mass is 16.6. The first-order valence-electron chi connectivity index (χ1n) is 10.5. The number of carbonyl (C=O) groups excluding carboxylic acids is 3. The van der Waals surface area contributed by atoms with Gasteiger partial charge in [-0.2, -0.15) is 0 Å². The lowest BCUT2D eigenvalue weighted by Gasteiger charge is -2.22. The number of esters is 1. The summed E-state index contributed by atoms with van der Waals surface area (Å²) in [5.41, 5.74) is 1.77. The topological polar surface area (TPSA) is 106 Å². The molecule has 0 fully saturated rings. The van der Waals surface area contributed by atoms with Crippen molar-refractivity contribution in [3.05, 3.63) is 54.6 Å². The van der Waals surface area contributed by atoms with Crippen molar-refractivity contribution in [2.75, 3.05) is 17.2 Å². The second-order valence-electron chi connectivity index (χ2n) is 8.11. The molecule has 172 valence electrons. The van der Waals surface area contributed by atoms with Crippen LogP contribution in [0.5, 0.6) is 0 Å². The van der Waals surface area contributed by atoms with Gasteiger partial charge in [-0.3, -0.25) is 4.79 Å². The van der Waals surface area contributed by atoms with Gasteiger partial charge in [-0.1, -0.05) is 18.2 Å². The Labute approximate surface area is 188 Å². The summed E-state index contributed by atoms with van der Waals surface area (Å²) >= 11 is 0. The summed E-state index contributed by atoms with van der Waals surface area (Å²) in [7, 11) is 0. The summed E-state index contributed by atoms with van der Waals surface area (Å²) in [6.45, 7) is 7.01. The Hall–Kier alpha value is -3.55. The second-order valence-corrected chi connectivity index (χ2v) is 8.11. The van der Waals surface area contributed by atoms with E-state index in [1.807, 2.05) is 42.5 Å². The average Bonchev–Trinajstić information content (AvgIpc) is 2.72. The molecule has 2 rings (SSSR count). The van der Waals surface area contributed by atoms with E-state index < -0.39 is 23.7 Å². The number of nitrogens with one attached hydrogen (secondary N) is 3. The first kappa shape index (κ1) is 24.7. The largest absolute Gasteiger partial charge is 0.464 e. The van der Waals surface area contributed by atoms with Gasteiger partial charge in [0.15, 0.2) is 0 Å². The van der Waals surface area contributed by atoms with E-state index in [0.717, 1.165) is 11.4 Å². The molecule has 2 aromatic rings. The number of carbonyl (C=O) groups is 3. The van der Waals surface area contributed by atoms with Crippen molar-refractivity contribution in [1.82, 2.24) is 5.32 Å². The fourth-order valence-electron chi connectivity index (χ4n) is 2.77. The van der Waals surface area contributed by atoms with Crippen LogP contribution >= 0.6 is 0 Å². The van der Waals surface area contributed by atoms with Crippen molar-refractivity contribution in [3.8, 4) is 0 Å². The predicted molar refractivity (Wildman–Crippen MR) is 124 cm³/mol. The van der Waals surface area contributed by atoms with Crippen molar-refractivity contribution >= 4 is 35.0 Å². The van der Waals surface area contributed by atoms with E-state index in [2.05, 4.69) is 16.0 Å². The van der Waals surface area contributed by atoms with Gasteiger partial charge in [0.2, 0.25) is 5.91 Å². The van der Waals surface area contributed by atoms with Crippen molar-refractivity contribution in [2.45, 2.75) is 52.2 Å². The number of alkyl carbamates (subject to hydrolysis) is 1. The molecule has 8 nitrogen and oxygen atoms in total. The van der Waals surface area contributed by atoms with E-state index in [0.29, 0.717) is 5.69 Å². The van der Waals surface area contributed by atoms with Gasteiger partial charge in [0.1, 0.15) is 11.6 Å². The number of para-hydroxylation sites is 1. The normalized spacial score (nSPS) is 11.8. The molecule has 0 aliphatic rings. The van der Waals surface area contributed by atoms with Crippen molar-refractivity contribution < 1.29 is 23.9 Å². The SMILES string of the molecule is CCOC(=O)C(CCC(=O)Nc1ccc(Nc2ccccc2)cc1)NC(=O)OC(C)(C)C. The zero-order valence-electron chi connectivity index (χ0n) is 18.9. The van der Waals surface area contributed by atoms with Gasteiger partial charge in [-0.15, -0.1) is 0 Å². The summed E-state index contributed by atoms with van der Waals surface area (Å²) in [4.78, 5) is 36.6. The Balaban J connectivity index is 1.88. The number of amides is 2. The summed E-state index contributed by atoms with van der Waals surface area (Å²) in [6, 6.07) is 16.0. The molecule has 0 aliphatic carbocycles. The van der Waals surface area contributed by atoms with E-state index in [-0.39, 0.29) is 25.4 Å². The van der Waals surface area contributed by atoms with Crippen LogP contribution in [0.2, 0.25) is 0 Å². The zero-order chi connectivity index (χ0) is 23.6. The van der Waals surface area contributed by atoms with Crippen LogP contribution in [0.25, 0.3) is 0 Å². The number of ether oxygens (including phenoxy) is 2. The Kier molecular flexibility index (Phi) is 9.07. The highest BCUT2D eigenvalue weighted by molar-refractivity contribution is 5.91. The molecule has 0 saturated carbocycles. The van der Waals surface area contributed by atoms with Crippen LogP contribution in [0, 0.1) is 0 Å². The molecule has 0 bridgehead atoms. The Bertz CT molecular complexity index is 892. The number of rotatable bonds is 9. The van der Waals surface area contributed by atoms with E-state index in [1.165, 1.54) is 0 Å². The lowest BCUT2D eigenvalue weighted by Crippen LogP contribution is -2.44. The van der Waals surface area contributed by atoms with Crippen LogP contribution in [-0.4, -0.2) is 36.2 Å². The molecule has 2 aromatic carbocycles. The monoisotopic (exact) mass is 441 g/mol. The minimum atomic E-state index is -0.979. The third kappa shape index (κ3) is 9.07. The summed E-state index contributed by atoms with van der Waals surface area (Å²) < 4.78 is 10.2. The smallest absolute Gasteiger partial charge is 0.408 e. The molecular formula is C24H31N3O5. The second kappa shape index (κ2) is 11.7. The Morgan fingerprint density at radius 3 is 2.09 bits per heavy atom. The maximum Gasteiger partial charge on any atom is 0.408 e. The molecule has 32 heavy (non-hydrogen) atoms. The van der Waals surface area contributed by atoms with Gasteiger partial charge in [0.25, 0.3) is 0 Å². The summed E-state index contributed by atoms with van der Waals surface area (Å²) in [5, 5.41) is 8.54. The molecule has 1 atom stereocenters. The van der Waals surface area contributed by atoms with E-state index >= 15 is 0 Å². The van der Waals surface area contributed by atoms with Crippen LogP contribution < -0.4 is 16.0 Å². The predicted octanol–water partition coefficient (Wildman–Crippen LogP) is 4.61. The number of hydrogen-bond donors (Lipinski definition) is 3. The fourth-order valence-corrected chi connectivity index (χ4v) is 2.77. The Morgan fingerprint density at radius 1 is 0.906 bits per heavy atom. The zero-order valence-corrected chi connectivity index (χ0v) is 18.9. The quantitative estimate of drug-likeness (QED) is 0.491. The molecular weight excluding hydrogens is 410 g/mol.